The zero-order valence-electron chi connectivity index (χ0n) is 11.7. The lowest BCUT2D eigenvalue weighted by atomic mass is 9.93. The highest BCUT2D eigenvalue weighted by Gasteiger charge is 2.18. The lowest BCUT2D eigenvalue weighted by Gasteiger charge is -2.26. The van der Waals surface area contributed by atoms with Crippen molar-refractivity contribution in [1.82, 2.24) is 5.32 Å². The summed E-state index contributed by atoms with van der Waals surface area (Å²) in [5, 5.41) is 12.7. The molecule has 1 atom stereocenters. The highest BCUT2D eigenvalue weighted by molar-refractivity contribution is 5.32. The molecule has 0 aromatic heterocycles. The predicted octanol–water partition coefficient (Wildman–Crippen LogP) is 2.97. The Labute approximate surface area is 105 Å². The van der Waals surface area contributed by atoms with E-state index < -0.39 is 0 Å². The summed E-state index contributed by atoms with van der Waals surface area (Å²) in [7, 11) is 0. The molecule has 0 aliphatic heterocycles. The van der Waals surface area contributed by atoms with E-state index in [-0.39, 0.29) is 12.0 Å². The first kappa shape index (κ1) is 14.2. The average Bonchev–Trinajstić information content (AvgIpc) is 2.29. The van der Waals surface area contributed by atoms with Crippen LogP contribution in [0, 0.1) is 19.3 Å². The summed E-state index contributed by atoms with van der Waals surface area (Å²) >= 11 is 0. The second kappa shape index (κ2) is 5.65. The molecule has 0 heterocycles. The fourth-order valence-electron chi connectivity index (χ4n) is 1.82. The van der Waals surface area contributed by atoms with Gasteiger partial charge in [0, 0.05) is 24.6 Å². The van der Waals surface area contributed by atoms with Crippen LogP contribution >= 0.6 is 0 Å². The van der Waals surface area contributed by atoms with E-state index in [1.807, 2.05) is 0 Å². The molecule has 1 aromatic rings. The molecule has 0 aliphatic carbocycles. The van der Waals surface area contributed by atoms with E-state index >= 15 is 0 Å². The molecule has 0 aliphatic rings. The Balaban J connectivity index is 2.70. The van der Waals surface area contributed by atoms with Crippen molar-refractivity contribution in [2.45, 2.75) is 40.7 Å². The smallest absolute Gasteiger partial charge is 0.0494 e. The first-order valence-electron chi connectivity index (χ1n) is 6.27. The summed E-state index contributed by atoms with van der Waals surface area (Å²) in [6, 6.07) is 6.86. The fourth-order valence-corrected chi connectivity index (χ4v) is 1.82. The van der Waals surface area contributed by atoms with Gasteiger partial charge in [-0.15, -0.1) is 0 Å². The van der Waals surface area contributed by atoms with Gasteiger partial charge in [-0.2, -0.15) is 0 Å². The van der Waals surface area contributed by atoms with Crippen molar-refractivity contribution < 1.29 is 5.11 Å². The molecule has 2 N–H and O–H groups in total. The first-order valence-corrected chi connectivity index (χ1v) is 6.27. The third-order valence-electron chi connectivity index (χ3n) is 3.22. The van der Waals surface area contributed by atoms with Gasteiger partial charge in [-0.1, -0.05) is 37.6 Å². The van der Waals surface area contributed by atoms with Crippen LogP contribution in [0.4, 0.5) is 0 Å². The quantitative estimate of drug-likeness (QED) is 0.822. The van der Waals surface area contributed by atoms with Gasteiger partial charge >= 0.3 is 0 Å². The Hall–Kier alpha value is -0.860. The van der Waals surface area contributed by atoms with Crippen LogP contribution in [0.1, 0.15) is 43.5 Å². The SMILES string of the molecule is Cc1ccc(C)c(C(C)NCC(C)(C)CO)c1. The Morgan fingerprint density at radius 1 is 1.29 bits per heavy atom. The molecule has 2 nitrogen and oxygen atoms in total. The Kier molecular flexibility index (Phi) is 4.72. The third-order valence-corrected chi connectivity index (χ3v) is 3.22. The highest BCUT2D eigenvalue weighted by atomic mass is 16.3. The van der Waals surface area contributed by atoms with E-state index in [0.29, 0.717) is 6.04 Å². The Morgan fingerprint density at radius 3 is 2.53 bits per heavy atom. The summed E-state index contributed by atoms with van der Waals surface area (Å²) in [4.78, 5) is 0. The van der Waals surface area contributed by atoms with Crippen molar-refractivity contribution >= 4 is 0 Å². The topological polar surface area (TPSA) is 32.3 Å². The Morgan fingerprint density at radius 2 is 1.94 bits per heavy atom. The normalized spacial score (nSPS) is 13.8. The molecular weight excluding hydrogens is 210 g/mol. The minimum absolute atomic E-state index is 0.0635. The molecule has 0 saturated heterocycles. The first-order chi connectivity index (χ1) is 7.85. The van der Waals surface area contributed by atoms with E-state index in [4.69, 9.17) is 0 Å². The van der Waals surface area contributed by atoms with Gasteiger partial charge in [-0.05, 0) is 31.9 Å². The number of aliphatic hydroxyl groups excluding tert-OH is 1. The van der Waals surface area contributed by atoms with Gasteiger partial charge in [0.1, 0.15) is 0 Å². The molecular formula is C15H25NO. The van der Waals surface area contributed by atoms with E-state index in [2.05, 4.69) is 58.1 Å². The number of aryl methyl sites for hydroxylation is 2. The van der Waals surface area contributed by atoms with Gasteiger partial charge < -0.3 is 10.4 Å². The van der Waals surface area contributed by atoms with Crippen molar-refractivity contribution in [1.29, 1.82) is 0 Å². The number of benzene rings is 1. The summed E-state index contributed by atoms with van der Waals surface area (Å²) in [6.07, 6.45) is 0. The molecule has 0 bridgehead atoms. The number of rotatable bonds is 5. The molecule has 1 unspecified atom stereocenters. The van der Waals surface area contributed by atoms with Crippen molar-refractivity contribution in [3.8, 4) is 0 Å². The highest BCUT2D eigenvalue weighted by Crippen LogP contribution is 2.20. The van der Waals surface area contributed by atoms with E-state index in [0.717, 1.165) is 6.54 Å². The minimum Gasteiger partial charge on any atom is -0.396 e. The lowest BCUT2D eigenvalue weighted by Crippen LogP contribution is -2.34. The molecule has 0 spiro atoms. The molecule has 1 rings (SSSR count). The van der Waals surface area contributed by atoms with Crippen LogP contribution in [-0.2, 0) is 0 Å². The molecule has 0 saturated carbocycles. The molecule has 0 amide bonds. The second-order valence-electron chi connectivity index (χ2n) is 5.78. The van der Waals surface area contributed by atoms with E-state index in [9.17, 15) is 5.11 Å². The van der Waals surface area contributed by atoms with Gasteiger partial charge in [-0.3, -0.25) is 0 Å². The van der Waals surface area contributed by atoms with Crippen molar-refractivity contribution in [3.05, 3.63) is 34.9 Å². The Bertz CT molecular complexity index is 371. The van der Waals surface area contributed by atoms with Crippen LogP contribution in [-0.4, -0.2) is 18.3 Å². The molecule has 0 fully saturated rings. The van der Waals surface area contributed by atoms with Crippen LogP contribution in [0.25, 0.3) is 0 Å². The average molecular weight is 235 g/mol. The van der Waals surface area contributed by atoms with Gasteiger partial charge in [-0.25, -0.2) is 0 Å². The number of aliphatic hydroxyl groups is 1. The van der Waals surface area contributed by atoms with Gasteiger partial charge in [0.2, 0.25) is 0 Å². The summed E-state index contributed by atoms with van der Waals surface area (Å²) in [5.41, 5.74) is 3.89. The van der Waals surface area contributed by atoms with Crippen LogP contribution in [0.2, 0.25) is 0 Å². The van der Waals surface area contributed by atoms with Crippen LogP contribution in [0.3, 0.4) is 0 Å². The van der Waals surface area contributed by atoms with Crippen molar-refractivity contribution in [3.63, 3.8) is 0 Å². The van der Waals surface area contributed by atoms with Crippen LogP contribution in [0.5, 0.6) is 0 Å². The summed E-state index contributed by atoms with van der Waals surface area (Å²) < 4.78 is 0. The summed E-state index contributed by atoms with van der Waals surface area (Å²) in [5.74, 6) is 0. The standard InChI is InChI=1S/C15H25NO/c1-11-6-7-12(2)14(8-11)13(3)16-9-15(4,5)10-17/h6-8,13,16-17H,9-10H2,1-5H3. The van der Waals surface area contributed by atoms with Gasteiger partial charge in [0.05, 0.1) is 0 Å². The second-order valence-corrected chi connectivity index (χ2v) is 5.78. The van der Waals surface area contributed by atoms with E-state index in [1.165, 1.54) is 16.7 Å². The predicted molar refractivity (Wildman–Crippen MR) is 73.2 cm³/mol. The molecule has 2 heteroatoms. The monoisotopic (exact) mass is 235 g/mol. The number of hydrogen-bond acceptors (Lipinski definition) is 2. The fraction of sp³-hybridized carbons (Fsp3) is 0.600. The zero-order chi connectivity index (χ0) is 13.1. The lowest BCUT2D eigenvalue weighted by molar-refractivity contribution is 0.154. The third kappa shape index (κ3) is 4.14. The number of hydrogen-bond donors (Lipinski definition) is 2. The molecule has 96 valence electrons. The van der Waals surface area contributed by atoms with Crippen molar-refractivity contribution in [2.75, 3.05) is 13.2 Å². The maximum atomic E-state index is 9.24. The van der Waals surface area contributed by atoms with Gasteiger partial charge in [0.25, 0.3) is 0 Å². The molecule has 17 heavy (non-hydrogen) atoms. The molecule has 1 aromatic carbocycles. The van der Waals surface area contributed by atoms with Crippen LogP contribution < -0.4 is 5.32 Å². The zero-order valence-corrected chi connectivity index (χ0v) is 11.7. The maximum absolute atomic E-state index is 9.24. The van der Waals surface area contributed by atoms with Crippen LogP contribution in [0.15, 0.2) is 18.2 Å². The molecule has 0 radical (unpaired) electrons. The largest absolute Gasteiger partial charge is 0.396 e. The number of nitrogens with one attached hydrogen (secondary N) is 1. The maximum Gasteiger partial charge on any atom is 0.0494 e. The minimum atomic E-state index is -0.0635. The van der Waals surface area contributed by atoms with Gasteiger partial charge in [0.15, 0.2) is 0 Å². The van der Waals surface area contributed by atoms with Crippen molar-refractivity contribution in [2.24, 2.45) is 5.41 Å². The summed E-state index contributed by atoms with van der Waals surface area (Å²) in [6.45, 7) is 11.6. The van der Waals surface area contributed by atoms with E-state index in [1.54, 1.807) is 0 Å².